The van der Waals surface area contributed by atoms with Crippen molar-refractivity contribution in [3.63, 3.8) is 0 Å². The molecule has 2 heterocycles. The topological polar surface area (TPSA) is 49.3 Å². The van der Waals surface area contributed by atoms with E-state index in [4.69, 9.17) is 0 Å². The smallest absolute Gasteiger partial charge is 0.223 e. The third kappa shape index (κ3) is 3.66. The molecule has 0 saturated carbocycles. The Labute approximate surface area is 138 Å². The van der Waals surface area contributed by atoms with Crippen molar-refractivity contribution in [2.75, 3.05) is 0 Å². The second kappa shape index (κ2) is 7.22. The van der Waals surface area contributed by atoms with Crippen LogP contribution in [0.2, 0.25) is 0 Å². The minimum Gasteiger partial charge on any atom is -0.382 e. The van der Waals surface area contributed by atoms with Crippen LogP contribution in [0.25, 0.3) is 0 Å². The van der Waals surface area contributed by atoms with E-state index >= 15 is 0 Å². The quantitative estimate of drug-likeness (QED) is 0.816. The summed E-state index contributed by atoms with van der Waals surface area (Å²) in [5.41, 5.74) is 0. The summed E-state index contributed by atoms with van der Waals surface area (Å²) in [6.07, 6.45) is 6.45. The Bertz CT molecular complexity index is 645. The van der Waals surface area contributed by atoms with E-state index in [0.717, 1.165) is 33.9 Å². The van der Waals surface area contributed by atoms with Crippen LogP contribution >= 0.6 is 22.7 Å². The maximum atomic E-state index is 12.1. The lowest BCUT2D eigenvalue weighted by Crippen LogP contribution is -2.30. The molecule has 0 saturated heterocycles. The molecule has 2 aromatic heterocycles. The van der Waals surface area contributed by atoms with Gasteiger partial charge in [0, 0.05) is 20.5 Å². The molecule has 116 valence electrons. The summed E-state index contributed by atoms with van der Waals surface area (Å²) in [5.74, 6) is 0.249. The highest BCUT2D eigenvalue weighted by Crippen LogP contribution is 2.31. The average molecular weight is 333 g/mol. The predicted octanol–water partition coefficient (Wildman–Crippen LogP) is 3.86. The maximum absolute atomic E-state index is 12.1. The van der Waals surface area contributed by atoms with Crippen molar-refractivity contribution < 1.29 is 9.90 Å². The zero-order chi connectivity index (χ0) is 15.4. The standard InChI is InChI=1S/C17H19NO2S2/c19-16(14-7-4-10-21-14)15-9-8-13(22-15)11-18-17(20)12-5-2-1-3-6-12/h1-2,4,7-10,12,16,19H,3,5-6,11H2,(H,18,20)/t12-,16-/m1/s1. The molecule has 2 N–H and O–H groups in total. The summed E-state index contributed by atoms with van der Waals surface area (Å²) >= 11 is 3.11. The van der Waals surface area contributed by atoms with Gasteiger partial charge in [-0.25, -0.2) is 0 Å². The molecule has 0 unspecified atom stereocenters. The van der Waals surface area contributed by atoms with Crippen molar-refractivity contribution in [2.24, 2.45) is 5.92 Å². The molecule has 1 aliphatic rings. The molecule has 3 rings (SSSR count). The van der Waals surface area contributed by atoms with Crippen LogP contribution in [0.4, 0.5) is 0 Å². The van der Waals surface area contributed by atoms with Crippen molar-refractivity contribution in [2.45, 2.75) is 31.9 Å². The summed E-state index contributed by atoms with van der Waals surface area (Å²) < 4.78 is 0. The van der Waals surface area contributed by atoms with Gasteiger partial charge in [0.25, 0.3) is 0 Å². The number of amides is 1. The molecule has 2 aromatic rings. The van der Waals surface area contributed by atoms with E-state index < -0.39 is 6.10 Å². The van der Waals surface area contributed by atoms with Crippen molar-refractivity contribution in [3.8, 4) is 0 Å². The van der Waals surface area contributed by atoms with E-state index in [1.807, 2.05) is 29.6 Å². The Balaban J connectivity index is 1.55. The van der Waals surface area contributed by atoms with Crippen LogP contribution < -0.4 is 5.32 Å². The van der Waals surface area contributed by atoms with E-state index in [9.17, 15) is 9.90 Å². The molecular formula is C17H19NO2S2. The van der Waals surface area contributed by atoms with Crippen LogP contribution in [0, 0.1) is 5.92 Å². The fourth-order valence-corrected chi connectivity index (χ4v) is 4.33. The van der Waals surface area contributed by atoms with Gasteiger partial charge < -0.3 is 10.4 Å². The first kappa shape index (κ1) is 15.5. The lowest BCUT2D eigenvalue weighted by atomic mass is 9.94. The molecule has 0 fully saturated rings. The van der Waals surface area contributed by atoms with Crippen molar-refractivity contribution in [1.29, 1.82) is 0 Å². The van der Waals surface area contributed by atoms with Gasteiger partial charge in [-0.3, -0.25) is 4.79 Å². The molecule has 0 radical (unpaired) electrons. The van der Waals surface area contributed by atoms with E-state index in [2.05, 4.69) is 17.5 Å². The largest absolute Gasteiger partial charge is 0.382 e. The van der Waals surface area contributed by atoms with Crippen molar-refractivity contribution >= 4 is 28.6 Å². The number of aliphatic hydroxyl groups excluding tert-OH is 1. The summed E-state index contributed by atoms with van der Waals surface area (Å²) in [5, 5.41) is 15.3. The number of hydrogen-bond donors (Lipinski definition) is 2. The van der Waals surface area contributed by atoms with E-state index in [1.54, 1.807) is 22.7 Å². The zero-order valence-corrected chi connectivity index (χ0v) is 13.8. The number of aliphatic hydroxyl groups is 1. The number of thiophene rings is 2. The molecule has 0 aromatic carbocycles. The highest BCUT2D eigenvalue weighted by molar-refractivity contribution is 7.12. The second-order valence-electron chi connectivity index (χ2n) is 5.42. The Morgan fingerprint density at radius 3 is 2.95 bits per heavy atom. The molecule has 0 aliphatic heterocycles. The van der Waals surface area contributed by atoms with Gasteiger partial charge in [0.1, 0.15) is 6.10 Å². The lowest BCUT2D eigenvalue weighted by Gasteiger charge is -2.16. The first-order chi connectivity index (χ1) is 10.7. The zero-order valence-electron chi connectivity index (χ0n) is 12.2. The van der Waals surface area contributed by atoms with Gasteiger partial charge in [0.2, 0.25) is 5.91 Å². The Morgan fingerprint density at radius 2 is 2.23 bits per heavy atom. The summed E-state index contributed by atoms with van der Waals surface area (Å²) in [7, 11) is 0. The molecule has 2 atom stereocenters. The molecule has 3 nitrogen and oxygen atoms in total. The number of carbonyl (C=O) groups excluding carboxylic acids is 1. The highest BCUT2D eigenvalue weighted by Gasteiger charge is 2.19. The van der Waals surface area contributed by atoms with Gasteiger partial charge >= 0.3 is 0 Å². The summed E-state index contributed by atoms with van der Waals surface area (Å²) in [6, 6.07) is 7.81. The van der Waals surface area contributed by atoms with Gasteiger partial charge in [-0.1, -0.05) is 18.2 Å². The minimum absolute atomic E-state index is 0.112. The van der Waals surface area contributed by atoms with Crippen LogP contribution in [-0.2, 0) is 11.3 Å². The minimum atomic E-state index is -0.557. The van der Waals surface area contributed by atoms with Crippen molar-refractivity contribution in [1.82, 2.24) is 5.32 Å². The first-order valence-electron chi connectivity index (χ1n) is 7.47. The van der Waals surface area contributed by atoms with Gasteiger partial charge in [-0.15, -0.1) is 22.7 Å². The van der Waals surface area contributed by atoms with E-state index in [1.165, 1.54) is 0 Å². The molecule has 0 bridgehead atoms. The van der Waals surface area contributed by atoms with E-state index in [0.29, 0.717) is 6.54 Å². The number of nitrogens with one attached hydrogen (secondary N) is 1. The SMILES string of the molecule is O=C(NCc1ccc([C@H](O)c2cccs2)s1)[C@@H]1CC=CCC1. The monoisotopic (exact) mass is 333 g/mol. The Kier molecular flexibility index (Phi) is 5.08. The predicted molar refractivity (Wildman–Crippen MR) is 91.0 cm³/mol. The molecule has 1 aliphatic carbocycles. The normalized spacial score (nSPS) is 19.0. The van der Waals surface area contributed by atoms with Gasteiger partial charge in [0.15, 0.2) is 0 Å². The number of carbonyl (C=O) groups is 1. The maximum Gasteiger partial charge on any atom is 0.223 e. The van der Waals surface area contributed by atoms with Crippen LogP contribution in [0.3, 0.4) is 0 Å². The van der Waals surface area contributed by atoms with Gasteiger partial charge in [-0.05, 0) is 42.8 Å². The average Bonchev–Trinajstić information content (AvgIpc) is 3.24. The molecule has 1 amide bonds. The van der Waals surface area contributed by atoms with Crippen LogP contribution in [0.15, 0.2) is 41.8 Å². The molecule has 5 heteroatoms. The van der Waals surface area contributed by atoms with Crippen LogP contribution in [0.1, 0.15) is 40.0 Å². The van der Waals surface area contributed by atoms with Crippen LogP contribution in [0.5, 0.6) is 0 Å². The third-order valence-corrected chi connectivity index (χ3v) is 5.90. The first-order valence-corrected chi connectivity index (χ1v) is 9.16. The molecule has 22 heavy (non-hydrogen) atoms. The number of hydrogen-bond acceptors (Lipinski definition) is 4. The van der Waals surface area contributed by atoms with Gasteiger partial charge in [-0.2, -0.15) is 0 Å². The molecular weight excluding hydrogens is 314 g/mol. The fourth-order valence-electron chi connectivity index (χ4n) is 2.57. The second-order valence-corrected chi connectivity index (χ2v) is 7.60. The molecule has 0 spiro atoms. The lowest BCUT2D eigenvalue weighted by molar-refractivity contribution is -0.125. The van der Waals surface area contributed by atoms with Gasteiger partial charge in [0.05, 0.1) is 6.54 Å². The van der Waals surface area contributed by atoms with Crippen LogP contribution in [-0.4, -0.2) is 11.0 Å². The summed E-state index contributed by atoms with van der Waals surface area (Å²) in [6.45, 7) is 0.543. The van der Waals surface area contributed by atoms with E-state index in [-0.39, 0.29) is 11.8 Å². The Hall–Kier alpha value is -1.43. The van der Waals surface area contributed by atoms with Crippen molar-refractivity contribution in [3.05, 3.63) is 56.4 Å². The highest BCUT2D eigenvalue weighted by atomic mass is 32.1. The number of allylic oxidation sites excluding steroid dienone is 2. The number of rotatable bonds is 5. The Morgan fingerprint density at radius 1 is 1.32 bits per heavy atom. The third-order valence-electron chi connectivity index (χ3n) is 3.84. The summed E-state index contributed by atoms with van der Waals surface area (Å²) in [4.78, 5) is 15.1. The fraction of sp³-hybridized carbons (Fsp3) is 0.353.